The second kappa shape index (κ2) is 13.7. The second-order valence-corrected chi connectivity index (χ2v) is 8.11. The number of thiazole rings is 1. The summed E-state index contributed by atoms with van der Waals surface area (Å²) >= 11 is 1.81. The molecular weight excluding hydrogens is 457 g/mol. The summed E-state index contributed by atoms with van der Waals surface area (Å²) in [6.07, 6.45) is 1.96. The molecule has 0 saturated carbocycles. The maximum Gasteiger partial charge on any atom is 0.191 e. The van der Waals surface area contributed by atoms with E-state index in [2.05, 4.69) is 64.0 Å². The Hall–Kier alpha value is -0.410. The third kappa shape index (κ3) is 8.99. The lowest BCUT2D eigenvalue weighted by atomic mass is 10.2. The summed E-state index contributed by atoms with van der Waals surface area (Å²) in [6.45, 7) is 18.9. The molecule has 0 bridgehead atoms. The van der Waals surface area contributed by atoms with E-state index >= 15 is 0 Å². The first-order valence-corrected chi connectivity index (χ1v) is 10.4. The molecule has 0 aliphatic carbocycles. The van der Waals surface area contributed by atoms with E-state index in [-0.39, 0.29) is 24.0 Å². The maximum absolute atomic E-state index is 4.72. The van der Waals surface area contributed by atoms with E-state index in [9.17, 15) is 0 Å². The molecule has 26 heavy (non-hydrogen) atoms. The first-order valence-electron chi connectivity index (χ1n) is 9.62. The van der Waals surface area contributed by atoms with Crippen LogP contribution in [0.3, 0.4) is 0 Å². The summed E-state index contributed by atoms with van der Waals surface area (Å²) in [7, 11) is 0. The number of nitrogens with one attached hydrogen (secondary N) is 2. The lowest BCUT2D eigenvalue weighted by molar-refractivity contribution is 0.181. The van der Waals surface area contributed by atoms with Crippen molar-refractivity contribution in [3.05, 3.63) is 15.6 Å². The first-order chi connectivity index (χ1) is 11.9. The van der Waals surface area contributed by atoms with Crippen LogP contribution in [0.15, 0.2) is 4.99 Å². The fourth-order valence-corrected chi connectivity index (χ4v) is 3.96. The fourth-order valence-electron chi connectivity index (χ4n) is 2.94. The lowest BCUT2D eigenvalue weighted by Crippen LogP contribution is -2.41. The molecule has 0 amide bonds. The molecule has 1 aromatic rings. The van der Waals surface area contributed by atoms with Crippen LogP contribution in [0.5, 0.6) is 0 Å². The average Bonchev–Trinajstić information content (AvgIpc) is 2.90. The zero-order chi connectivity index (χ0) is 18.8. The van der Waals surface area contributed by atoms with E-state index in [0.717, 1.165) is 45.0 Å². The molecule has 0 unspecified atom stereocenters. The highest BCUT2D eigenvalue weighted by Gasteiger charge is 2.12. The number of aliphatic imine (C=N–C) groups is 1. The highest BCUT2D eigenvalue weighted by atomic mass is 127. The van der Waals surface area contributed by atoms with Crippen molar-refractivity contribution in [2.45, 2.75) is 73.4 Å². The second-order valence-electron chi connectivity index (χ2n) is 6.83. The van der Waals surface area contributed by atoms with Crippen LogP contribution < -0.4 is 10.6 Å². The van der Waals surface area contributed by atoms with Gasteiger partial charge in [-0.3, -0.25) is 9.89 Å². The summed E-state index contributed by atoms with van der Waals surface area (Å²) in [5, 5.41) is 7.98. The summed E-state index contributed by atoms with van der Waals surface area (Å²) in [5.74, 6) is 0.902. The predicted octanol–water partition coefficient (Wildman–Crippen LogP) is 3.85. The topological polar surface area (TPSA) is 52.6 Å². The van der Waals surface area contributed by atoms with Crippen molar-refractivity contribution in [1.82, 2.24) is 20.5 Å². The van der Waals surface area contributed by atoms with Crippen molar-refractivity contribution in [3.8, 4) is 0 Å². The predicted molar refractivity (Wildman–Crippen MR) is 126 cm³/mol. The molecule has 0 saturated heterocycles. The minimum Gasteiger partial charge on any atom is -0.357 e. The monoisotopic (exact) mass is 495 g/mol. The summed E-state index contributed by atoms with van der Waals surface area (Å²) in [4.78, 5) is 13.2. The van der Waals surface area contributed by atoms with Gasteiger partial charge in [0.15, 0.2) is 5.96 Å². The molecule has 152 valence electrons. The largest absolute Gasteiger partial charge is 0.357 e. The zero-order valence-corrected chi connectivity index (χ0v) is 20.7. The van der Waals surface area contributed by atoms with Gasteiger partial charge in [0.25, 0.3) is 0 Å². The molecular formula is C19H38IN5S. The van der Waals surface area contributed by atoms with Crippen molar-refractivity contribution in [2.75, 3.05) is 26.2 Å². The Kier molecular flexibility index (Phi) is 13.5. The van der Waals surface area contributed by atoms with Crippen molar-refractivity contribution in [3.63, 3.8) is 0 Å². The van der Waals surface area contributed by atoms with E-state index < -0.39 is 0 Å². The molecule has 0 aliphatic heterocycles. The van der Waals surface area contributed by atoms with Gasteiger partial charge in [-0.2, -0.15) is 0 Å². The van der Waals surface area contributed by atoms with E-state index in [1.807, 2.05) is 11.3 Å². The highest BCUT2D eigenvalue weighted by Crippen LogP contribution is 2.17. The molecule has 0 spiro atoms. The lowest BCUT2D eigenvalue weighted by Gasteiger charge is -2.29. The molecule has 2 N–H and O–H groups in total. The summed E-state index contributed by atoms with van der Waals surface area (Å²) in [5.41, 5.74) is 1.24. The number of nitrogens with zero attached hydrogens (tertiary/aromatic N) is 3. The Balaban J connectivity index is 0.00000625. The van der Waals surface area contributed by atoms with E-state index in [4.69, 9.17) is 9.98 Å². The Labute approximate surface area is 181 Å². The van der Waals surface area contributed by atoms with E-state index in [1.165, 1.54) is 15.6 Å². The molecule has 7 heteroatoms. The highest BCUT2D eigenvalue weighted by molar-refractivity contribution is 14.0. The van der Waals surface area contributed by atoms with Gasteiger partial charge in [-0.25, -0.2) is 4.98 Å². The Morgan fingerprint density at radius 1 is 1.15 bits per heavy atom. The van der Waals surface area contributed by atoms with Gasteiger partial charge < -0.3 is 10.6 Å². The number of rotatable bonds is 10. The molecule has 0 fully saturated rings. The van der Waals surface area contributed by atoms with Gasteiger partial charge in [-0.1, -0.05) is 6.92 Å². The zero-order valence-electron chi connectivity index (χ0n) is 17.6. The molecule has 1 rings (SSSR count). The van der Waals surface area contributed by atoms with Crippen molar-refractivity contribution >= 4 is 41.3 Å². The van der Waals surface area contributed by atoms with Crippen molar-refractivity contribution in [2.24, 2.45) is 4.99 Å². The molecule has 1 heterocycles. The van der Waals surface area contributed by atoms with Crippen molar-refractivity contribution < 1.29 is 0 Å². The number of guanidine groups is 1. The van der Waals surface area contributed by atoms with Crippen LogP contribution in [-0.4, -0.2) is 54.1 Å². The van der Waals surface area contributed by atoms with Crippen LogP contribution in [0.4, 0.5) is 0 Å². The number of hydrogen-bond donors (Lipinski definition) is 2. The van der Waals surface area contributed by atoms with Crippen LogP contribution in [0.1, 0.15) is 57.1 Å². The first kappa shape index (κ1) is 25.6. The Bertz CT molecular complexity index is 520. The number of hydrogen-bond acceptors (Lipinski definition) is 4. The van der Waals surface area contributed by atoms with Gasteiger partial charge >= 0.3 is 0 Å². The molecule has 0 aliphatic rings. The quantitative estimate of drug-likeness (QED) is 0.294. The van der Waals surface area contributed by atoms with Crippen LogP contribution in [0.25, 0.3) is 0 Å². The minimum absolute atomic E-state index is 0. The summed E-state index contributed by atoms with van der Waals surface area (Å²) in [6, 6.07) is 1.10. The smallest absolute Gasteiger partial charge is 0.191 e. The molecule has 0 aromatic carbocycles. The standard InChI is InChI=1S/C19H37N5S.HI/c1-8-17-16(7)25-18(23-17)10-11-21-19(20-9-2)22-12-13-24(14(3)4)15(5)6;/h14-15H,8-13H2,1-7H3,(H2,20,21,22);1H. The normalized spacial score (nSPS) is 12.0. The summed E-state index contributed by atoms with van der Waals surface area (Å²) < 4.78 is 0. The van der Waals surface area contributed by atoms with E-state index in [0.29, 0.717) is 12.1 Å². The molecule has 5 nitrogen and oxygen atoms in total. The fraction of sp³-hybridized carbons (Fsp3) is 0.789. The number of halogens is 1. The number of aryl methyl sites for hydroxylation is 2. The third-order valence-corrected chi connectivity index (χ3v) is 5.27. The van der Waals surface area contributed by atoms with Gasteiger partial charge in [0.2, 0.25) is 0 Å². The van der Waals surface area contributed by atoms with Gasteiger partial charge in [0.05, 0.1) is 17.2 Å². The van der Waals surface area contributed by atoms with Gasteiger partial charge in [0, 0.05) is 43.0 Å². The number of aromatic nitrogens is 1. The van der Waals surface area contributed by atoms with E-state index in [1.54, 1.807) is 0 Å². The maximum atomic E-state index is 4.72. The van der Waals surface area contributed by atoms with Crippen molar-refractivity contribution in [1.29, 1.82) is 0 Å². The van der Waals surface area contributed by atoms with Crippen LogP contribution >= 0.6 is 35.3 Å². The Morgan fingerprint density at radius 2 is 1.81 bits per heavy atom. The minimum atomic E-state index is 0. The third-order valence-electron chi connectivity index (χ3n) is 4.20. The SMILES string of the molecule is CCNC(=NCCN(C(C)C)C(C)C)NCCc1nc(CC)c(C)s1.I. The van der Waals surface area contributed by atoms with Crippen LogP contribution in [0.2, 0.25) is 0 Å². The molecule has 1 aromatic heterocycles. The molecule has 0 atom stereocenters. The van der Waals surface area contributed by atoms with Crippen LogP contribution in [0, 0.1) is 6.92 Å². The average molecular weight is 496 g/mol. The Morgan fingerprint density at radius 3 is 2.31 bits per heavy atom. The van der Waals surface area contributed by atoms with Gasteiger partial charge in [-0.15, -0.1) is 35.3 Å². The van der Waals surface area contributed by atoms with Gasteiger partial charge in [0.1, 0.15) is 0 Å². The molecule has 0 radical (unpaired) electrons. The van der Waals surface area contributed by atoms with Gasteiger partial charge in [-0.05, 0) is 48.0 Å². The van der Waals surface area contributed by atoms with Crippen LogP contribution in [-0.2, 0) is 12.8 Å².